The van der Waals surface area contributed by atoms with E-state index >= 15 is 0 Å². The Labute approximate surface area is 158 Å². The molecular weight excluding hydrogens is 360 g/mol. The van der Waals surface area contributed by atoms with E-state index in [-0.39, 0.29) is 4.90 Å². The minimum Gasteiger partial charge on any atom is -0.361 e. The van der Waals surface area contributed by atoms with Crippen molar-refractivity contribution in [2.75, 3.05) is 6.26 Å². The molecule has 1 aromatic heterocycles. The molecule has 2 heterocycles. The number of H-pyrrole nitrogens is 1. The molecule has 6 nitrogen and oxygen atoms in total. The number of nitrogens with zero attached hydrogens (tertiary/aromatic N) is 2. The molecule has 1 unspecified atom stereocenters. The molecule has 3 N–H and O–H groups in total. The van der Waals surface area contributed by atoms with Crippen LogP contribution >= 0.6 is 0 Å². The van der Waals surface area contributed by atoms with Crippen molar-refractivity contribution in [2.45, 2.75) is 31.1 Å². The Bertz CT molecular complexity index is 1200. The number of hydrogen-bond acceptors (Lipinski definition) is 5. The van der Waals surface area contributed by atoms with Crippen LogP contribution in [-0.4, -0.2) is 24.6 Å². The van der Waals surface area contributed by atoms with E-state index in [2.05, 4.69) is 11.1 Å². The molecule has 3 aromatic rings. The summed E-state index contributed by atoms with van der Waals surface area (Å²) in [5.41, 5.74) is 11.8. The highest BCUT2D eigenvalue weighted by molar-refractivity contribution is 7.90. The van der Waals surface area contributed by atoms with E-state index in [0.717, 1.165) is 27.6 Å². The number of benzene rings is 2. The summed E-state index contributed by atoms with van der Waals surface area (Å²) in [4.78, 5) is 5.49. The molecule has 0 radical (unpaired) electrons. The van der Waals surface area contributed by atoms with Gasteiger partial charge in [-0.1, -0.05) is 6.07 Å². The number of aromatic nitrogens is 1. The Hall–Kier alpha value is -2.66. The van der Waals surface area contributed by atoms with Crippen LogP contribution < -0.4 is 5.73 Å². The third-order valence-corrected chi connectivity index (χ3v) is 6.35. The van der Waals surface area contributed by atoms with Crippen LogP contribution in [0.25, 0.3) is 10.9 Å². The summed E-state index contributed by atoms with van der Waals surface area (Å²) in [5.74, 6) is 0. The second kappa shape index (κ2) is 6.20. The summed E-state index contributed by atoms with van der Waals surface area (Å²) >= 11 is 0. The van der Waals surface area contributed by atoms with Gasteiger partial charge in [0.1, 0.15) is 0 Å². The number of rotatable bonds is 3. The SMILES string of the molecule is Cc1cc(S(C)(=O)=O)c(C(N)N2Cc3ccc(C#N)cc3C2)c2cc[nH]c12. The van der Waals surface area contributed by atoms with Crippen molar-refractivity contribution < 1.29 is 8.42 Å². The Kier molecular flexibility index (Phi) is 4.07. The molecule has 0 spiro atoms. The number of aromatic amines is 1. The van der Waals surface area contributed by atoms with Crippen molar-refractivity contribution >= 4 is 20.7 Å². The molecule has 138 valence electrons. The molecule has 1 atom stereocenters. The van der Waals surface area contributed by atoms with E-state index in [4.69, 9.17) is 11.0 Å². The van der Waals surface area contributed by atoms with E-state index in [1.807, 2.05) is 30.0 Å². The number of hydrogen-bond donors (Lipinski definition) is 2. The molecular formula is C20H20N4O2S. The van der Waals surface area contributed by atoms with Gasteiger partial charge in [0.2, 0.25) is 0 Å². The molecule has 1 aliphatic rings. The first-order valence-corrected chi connectivity index (χ1v) is 10.5. The van der Waals surface area contributed by atoms with Crippen molar-refractivity contribution in [3.63, 3.8) is 0 Å². The van der Waals surface area contributed by atoms with Gasteiger partial charge in [0.05, 0.1) is 22.7 Å². The molecule has 4 rings (SSSR count). The number of aryl methyl sites for hydroxylation is 1. The fourth-order valence-electron chi connectivity index (χ4n) is 3.88. The highest BCUT2D eigenvalue weighted by Crippen LogP contribution is 2.36. The number of fused-ring (bicyclic) bond motifs is 2. The first-order chi connectivity index (χ1) is 12.8. The monoisotopic (exact) mass is 380 g/mol. The average Bonchev–Trinajstić information content (AvgIpc) is 3.26. The zero-order chi connectivity index (χ0) is 19.3. The van der Waals surface area contributed by atoms with E-state index in [1.165, 1.54) is 6.26 Å². The second-order valence-electron chi connectivity index (χ2n) is 7.09. The van der Waals surface area contributed by atoms with Gasteiger partial charge in [0.15, 0.2) is 9.84 Å². The predicted octanol–water partition coefficient (Wildman–Crippen LogP) is 2.72. The van der Waals surface area contributed by atoms with Crippen molar-refractivity contribution in [2.24, 2.45) is 5.73 Å². The fourth-order valence-corrected chi connectivity index (χ4v) is 4.90. The van der Waals surface area contributed by atoms with Gasteiger partial charge in [-0.15, -0.1) is 0 Å². The lowest BCUT2D eigenvalue weighted by Gasteiger charge is -2.26. The lowest BCUT2D eigenvalue weighted by atomic mass is 10.0. The Morgan fingerprint density at radius 1 is 1.22 bits per heavy atom. The van der Waals surface area contributed by atoms with Gasteiger partial charge in [-0.05, 0) is 47.9 Å². The van der Waals surface area contributed by atoms with Crippen LogP contribution in [0.5, 0.6) is 0 Å². The molecule has 7 heteroatoms. The van der Waals surface area contributed by atoms with Crippen molar-refractivity contribution in [3.8, 4) is 6.07 Å². The summed E-state index contributed by atoms with van der Waals surface area (Å²) in [6.07, 6.45) is 2.44. The molecule has 0 saturated carbocycles. The highest BCUT2D eigenvalue weighted by atomic mass is 32.2. The van der Waals surface area contributed by atoms with Crippen LogP contribution in [0.2, 0.25) is 0 Å². The number of nitrogens with one attached hydrogen (secondary N) is 1. The zero-order valence-corrected chi connectivity index (χ0v) is 16.0. The normalized spacial score (nSPS) is 15.6. The summed E-state index contributed by atoms with van der Waals surface area (Å²) in [7, 11) is -3.44. The molecule has 0 fully saturated rings. The maximum atomic E-state index is 12.5. The Morgan fingerprint density at radius 3 is 2.67 bits per heavy atom. The minimum absolute atomic E-state index is 0.272. The van der Waals surface area contributed by atoms with Gasteiger partial charge in [-0.2, -0.15) is 5.26 Å². The van der Waals surface area contributed by atoms with E-state index in [0.29, 0.717) is 24.2 Å². The molecule has 2 aromatic carbocycles. The molecule has 0 amide bonds. The van der Waals surface area contributed by atoms with Gasteiger partial charge in [-0.3, -0.25) is 4.90 Å². The molecule has 1 aliphatic heterocycles. The lowest BCUT2D eigenvalue weighted by molar-refractivity contribution is 0.204. The summed E-state index contributed by atoms with van der Waals surface area (Å²) in [6, 6.07) is 11.3. The summed E-state index contributed by atoms with van der Waals surface area (Å²) in [6.45, 7) is 3.08. The third-order valence-electron chi connectivity index (χ3n) is 5.22. The third kappa shape index (κ3) is 2.92. The largest absolute Gasteiger partial charge is 0.361 e. The highest BCUT2D eigenvalue weighted by Gasteiger charge is 2.30. The van der Waals surface area contributed by atoms with Crippen LogP contribution in [0.15, 0.2) is 41.4 Å². The first-order valence-electron chi connectivity index (χ1n) is 8.62. The average molecular weight is 380 g/mol. The fraction of sp³-hybridized carbons (Fsp3) is 0.250. The quantitative estimate of drug-likeness (QED) is 0.727. The Morgan fingerprint density at radius 2 is 1.96 bits per heavy atom. The van der Waals surface area contributed by atoms with Crippen molar-refractivity contribution in [1.82, 2.24) is 9.88 Å². The van der Waals surface area contributed by atoms with Crippen LogP contribution in [0, 0.1) is 18.3 Å². The lowest BCUT2D eigenvalue weighted by Crippen LogP contribution is -2.31. The van der Waals surface area contributed by atoms with E-state index in [9.17, 15) is 8.42 Å². The maximum Gasteiger partial charge on any atom is 0.175 e. The second-order valence-corrected chi connectivity index (χ2v) is 9.07. The minimum atomic E-state index is -3.44. The van der Waals surface area contributed by atoms with Gasteiger partial charge in [0.25, 0.3) is 0 Å². The molecule has 27 heavy (non-hydrogen) atoms. The molecule has 0 aliphatic carbocycles. The van der Waals surface area contributed by atoms with Crippen LogP contribution in [0.1, 0.15) is 34.0 Å². The molecule has 0 bridgehead atoms. The van der Waals surface area contributed by atoms with E-state index in [1.54, 1.807) is 18.3 Å². The first kappa shape index (κ1) is 17.7. The smallest absolute Gasteiger partial charge is 0.175 e. The number of nitriles is 1. The molecule has 0 saturated heterocycles. The standard InChI is InChI=1S/C20H20N4O2S/c1-12-7-17(27(2,25)26)18(16-5-6-23-19(12)16)20(22)24-10-14-4-3-13(9-21)8-15(14)11-24/h3-8,20,23H,10-11,22H2,1-2H3. The van der Waals surface area contributed by atoms with Gasteiger partial charge in [-0.25, -0.2) is 8.42 Å². The summed E-state index contributed by atoms with van der Waals surface area (Å²) < 4.78 is 24.9. The van der Waals surface area contributed by atoms with Gasteiger partial charge in [0, 0.05) is 42.0 Å². The number of sulfone groups is 1. The topological polar surface area (TPSA) is 103 Å². The van der Waals surface area contributed by atoms with Crippen molar-refractivity contribution in [1.29, 1.82) is 5.26 Å². The number of nitrogens with two attached hydrogens (primary N) is 1. The van der Waals surface area contributed by atoms with Gasteiger partial charge >= 0.3 is 0 Å². The maximum absolute atomic E-state index is 12.5. The van der Waals surface area contributed by atoms with Gasteiger partial charge < -0.3 is 10.7 Å². The van der Waals surface area contributed by atoms with E-state index < -0.39 is 16.0 Å². The van der Waals surface area contributed by atoms with Crippen LogP contribution in [-0.2, 0) is 22.9 Å². The Balaban J connectivity index is 1.82. The summed E-state index contributed by atoms with van der Waals surface area (Å²) in [5, 5.41) is 9.94. The zero-order valence-electron chi connectivity index (χ0n) is 15.2. The van der Waals surface area contributed by atoms with Crippen LogP contribution in [0.4, 0.5) is 0 Å². The van der Waals surface area contributed by atoms with Crippen molar-refractivity contribution in [3.05, 3.63) is 64.3 Å². The predicted molar refractivity (Wildman–Crippen MR) is 103 cm³/mol. The van der Waals surface area contributed by atoms with Crippen LogP contribution in [0.3, 0.4) is 0 Å².